The van der Waals surface area contributed by atoms with Gasteiger partial charge in [-0.2, -0.15) is 0 Å². The Kier molecular flexibility index (Phi) is 4.70. The van der Waals surface area contributed by atoms with Crippen LogP contribution in [0.2, 0.25) is 0 Å². The van der Waals surface area contributed by atoms with E-state index in [9.17, 15) is 0 Å². The van der Waals surface area contributed by atoms with Gasteiger partial charge >= 0.3 is 0 Å². The average molecular weight is 95.1 g/mol. The first-order valence-corrected chi connectivity index (χ1v) is 2.19. The van der Waals surface area contributed by atoms with Gasteiger partial charge in [0.1, 0.15) is 0 Å². The van der Waals surface area contributed by atoms with Crippen molar-refractivity contribution in [1.82, 2.24) is 0 Å². The lowest BCUT2D eigenvalue weighted by Gasteiger charge is -1.68. The SMILES string of the molecule is CC#C/C=C/CN. The fraction of sp³-hybridized carbons (Fsp3) is 0.333. The molecule has 0 fully saturated rings. The molecule has 0 saturated carbocycles. The largest absolute Gasteiger partial charge is 0.327 e. The zero-order valence-electron chi connectivity index (χ0n) is 4.44. The number of hydrogen-bond acceptors (Lipinski definition) is 1. The van der Waals surface area contributed by atoms with E-state index in [0.717, 1.165) is 0 Å². The first kappa shape index (κ1) is 6.26. The van der Waals surface area contributed by atoms with E-state index in [2.05, 4.69) is 11.8 Å². The monoisotopic (exact) mass is 95.1 g/mol. The average Bonchev–Trinajstić information content (AvgIpc) is 1.69. The Hall–Kier alpha value is -0.740. The quantitative estimate of drug-likeness (QED) is 0.472. The second kappa shape index (κ2) is 5.26. The summed E-state index contributed by atoms with van der Waals surface area (Å²) in [6.07, 6.45) is 3.57. The van der Waals surface area contributed by atoms with Crippen LogP contribution >= 0.6 is 0 Å². The summed E-state index contributed by atoms with van der Waals surface area (Å²) in [5.74, 6) is 5.45. The molecular weight excluding hydrogens is 86.1 g/mol. The molecule has 1 nitrogen and oxygen atoms in total. The van der Waals surface area contributed by atoms with Crippen molar-refractivity contribution in [3.63, 3.8) is 0 Å². The third-order valence-electron chi connectivity index (χ3n) is 0.482. The smallest absolute Gasteiger partial charge is 0.0116 e. The zero-order chi connectivity index (χ0) is 5.54. The molecule has 7 heavy (non-hydrogen) atoms. The molecule has 38 valence electrons. The molecule has 0 aromatic rings. The van der Waals surface area contributed by atoms with Crippen LogP contribution in [0, 0.1) is 11.8 Å². The van der Waals surface area contributed by atoms with Gasteiger partial charge in [0.25, 0.3) is 0 Å². The van der Waals surface area contributed by atoms with Crippen LogP contribution in [-0.2, 0) is 0 Å². The van der Waals surface area contributed by atoms with E-state index in [-0.39, 0.29) is 0 Å². The predicted octanol–water partition coefficient (Wildman–Crippen LogP) is 0.525. The number of rotatable bonds is 1. The van der Waals surface area contributed by atoms with Crippen LogP contribution in [0.5, 0.6) is 0 Å². The van der Waals surface area contributed by atoms with Crippen LogP contribution in [0.4, 0.5) is 0 Å². The third-order valence-corrected chi connectivity index (χ3v) is 0.482. The lowest BCUT2D eigenvalue weighted by atomic mass is 10.5. The van der Waals surface area contributed by atoms with Crippen molar-refractivity contribution in [2.75, 3.05) is 6.54 Å². The Labute approximate surface area is 44.2 Å². The van der Waals surface area contributed by atoms with Crippen LogP contribution in [0.1, 0.15) is 6.92 Å². The molecule has 0 spiro atoms. The lowest BCUT2D eigenvalue weighted by Crippen LogP contribution is -1.91. The highest BCUT2D eigenvalue weighted by atomic mass is 14.5. The van der Waals surface area contributed by atoms with Gasteiger partial charge in [0.05, 0.1) is 0 Å². The summed E-state index contributed by atoms with van der Waals surface area (Å²) in [5.41, 5.74) is 5.11. The Morgan fingerprint density at radius 1 is 1.71 bits per heavy atom. The predicted molar refractivity (Wildman–Crippen MR) is 31.6 cm³/mol. The first-order chi connectivity index (χ1) is 3.41. The first-order valence-electron chi connectivity index (χ1n) is 2.19. The van der Waals surface area contributed by atoms with Gasteiger partial charge in [0.15, 0.2) is 0 Å². The molecule has 0 aliphatic carbocycles. The fourth-order valence-corrected chi connectivity index (χ4v) is 0.210. The van der Waals surface area contributed by atoms with Gasteiger partial charge in [0.2, 0.25) is 0 Å². The highest BCUT2D eigenvalue weighted by Gasteiger charge is 1.56. The molecule has 0 heterocycles. The molecule has 0 unspecified atom stereocenters. The molecule has 0 aromatic carbocycles. The summed E-state index contributed by atoms with van der Waals surface area (Å²) < 4.78 is 0. The highest BCUT2D eigenvalue weighted by Crippen LogP contribution is 1.62. The molecule has 0 bridgehead atoms. The molecule has 2 N–H and O–H groups in total. The minimum Gasteiger partial charge on any atom is -0.327 e. The molecule has 1 heteroatoms. The minimum absolute atomic E-state index is 0.578. The maximum absolute atomic E-state index is 5.11. The van der Waals surface area contributed by atoms with Gasteiger partial charge in [-0.1, -0.05) is 12.0 Å². The molecule has 0 amide bonds. The van der Waals surface area contributed by atoms with Crippen LogP contribution in [-0.4, -0.2) is 6.54 Å². The third kappa shape index (κ3) is 5.26. The van der Waals surface area contributed by atoms with E-state index < -0.39 is 0 Å². The summed E-state index contributed by atoms with van der Waals surface area (Å²) in [6.45, 7) is 2.37. The second-order valence-electron chi connectivity index (χ2n) is 1.03. The van der Waals surface area contributed by atoms with E-state index >= 15 is 0 Å². The van der Waals surface area contributed by atoms with Crippen molar-refractivity contribution in [3.05, 3.63) is 12.2 Å². The Morgan fingerprint density at radius 2 is 2.43 bits per heavy atom. The summed E-state index contributed by atoms with van der Waals surface area (Å²) in [7, 11) is 0. The van der Waals surface area contributed by atoms with E-state index in [1.807, 2.05) is 6.08 Å². The van der Waals surface area contributed by atoms with Gasteiger partial charge in [-0.05, 0) is 13.0 Å². The van der Waals surface area contributed by atoms with Crippen molar-refractivity contribution in [2.45, 2.75) is 6.92 Å². The molecule has 0 atom stereocenters. The Bertz CT molecular complexity index is 103. The molecular formula is C6H9N. The van der Waals surface area contributed by atoms with Crippen molar-refractivity contribution in [3.8, 4) is 11.8 Å². The minimum atomic E-state index is 0.578. The van der Waals surface area contributed by atoms with E-state index in [4.69, 9.17) is 5.73 Å². The van der Waals surface area contributed by atoms with Crippen LogP contribution < -0.4 is 5.73 Å². The summed E-state index contributed by atoms with van der Waals surface area (Å²) in [5, 5.41) is 0. The summed E-state index contributed by atoms with van der Waals surface area (Å²) in [4.78, 5) is 0. The maximum atomic E-state index is 5.11. The molecule has 0 radical (unpaired) electrons. The van der Waals surface area contributed by atoms with E-state index in [1.54, 1.807) is 13.0 Å². The van der Waals surface area contributed by atoms with Crippen LogP contribution in [0.25, 0.3) is 0 Å². The van der Waals surface area contributed by atoms with E-state index in [0.29, 0.717) is 6.54 Å². The standard InChI is InChI=1S/C6H9N/c1-2-3-4-5-6-7/h4-5H,6-7H2,1H3/b5-4+. The van der Waals surface area contributed by atoms with Gasteiger partial charge < -0.3 is 5.73 Å². The normalized spacial score (nSPS) is 8.29. The van der Waals surface area contributed by atoms with Gasteiger partial charge in [-0.15, -0.1) is 5.92 Å². The van der Waals surface area contributed by atoms with Crippen LogP contribution in [0.3, 0.4) is 0 Å². The van der Waals surface area contributed by atoms with Crippen molar-refractivity contribution in [1.29, 1.82) is 0 Å². The topological polar surface area (TPSA) is 26.0 Å². The highest BCUT2D eigenvalue weighted by molar-refractivity contribution is 5.13. The zero-order valence-corrected chi connectivity index (χ0v) is 4.44. The van der Waals surface area contributed by atoms with Crippen molar-refractivity contribution >= 4 is 0 Å². The second-order valence-corrected chi connectivity index (χ2v) is 1.03. The van der Waals surface area contributed by atoms with Crippen LogP contribution in [0.15, 0.2) is 12.2 Å². The summed E-state index contributed by atoms with van der Waals surface area (Å²) >= 11 is 0. The number of nitrogens with two attached hydrogens (primary N) is 1. The summed E-state index contributed by atoms with van der Waals surface area (Å²) in [6, 6.07) is 0. The Morgan fingerprint density at radius 3 is 2.86 bits per heavy atom. The molecule has 0 aliphatic rings. The Balaban J connectivity index is 3.21. The van der Waals surface area contributed by atoms with Crippen molar-refractivity contribution < 1.29 is 0 Å². The molecule has 0 aliphatic heterocycles. The maximum Gasteiger partial charge on any atom is 0.0116 e. The number of hydrogen-bond donors (Lipinski definition) is 1. The fourth-order valence-electron chi connectivity index (χ4n) is 0.210. The van der Waals surface area contributed by atoms with Gasteiger partial charge in [-0.3, -0.25) is 0 Å². The van der Waals surface area contributed by atoms with Gasteiger partial charge in [0, 0.05) is 6.54 Å². The van der Waals surface area contributed by atoms with Gasteiger partial charge in [-0.25, -0.2) is 0 Å². The molecule has 0 aromatic heterocycles. The number of allylic oxidation sites excluding steroid dienone is 1. The molecule has 0 saturated heterocycles. The molecule has 0 rings (SSSR count). The lowest BCUT2D eigenvalue weighted by molar-refractivity contribution is 1.26. The van der Waals surface area contributed by atoms with Crippen molar-refractivity contribution in [2.24, 2.45) is 5.73 Å². The van der Waals surface area contributed by atoms with E-state index in [1.165, 1.54) is 0 Å².